The summed E-state index contributed by atoms with van der Waals surface area (Å²) in [5, 5.41) is 10.8. The van der Waals surface area contributed by atoms with Crippen molar-refractivity contribution in [2.75, 3.05) is 31.7 Å². The highest BCUT2D eigenvalue weighted by atomic mass is 19.1. The number of halogens is 1. The van der Waals surface area contributed by atoms with Crippen LogP contribution in [0.15, 0.2) is 42.5 Å². The van der Waals surface area contributed by atoms with E-state index in [0.717, 1.165) is 16.5 Å². The number of benzene rings is 2. The average molecular weight is 384 g/mol. The van der Waals surface area contributed by atoms with Crippen LogP contribution in [0.4, 0.5) is 10.1 Å². The molecule has 0 aliphatic heterocycles. The Balaban J connectivity index is 1.78. The molecule has 0 atom stereocenters. The zero-order valence-corrected chi connectivity index (χ0v) is 15.4. The van der Waals surface area contributed by atoms with Gasteiger partial charge in [-0.3, -0.25) is 14.7 Å². The lowest BCUT2D eigenvalue weighted by Gasteiger charge is -2.17. The van der Waals surface area contributed by atoms with Crippen molar-refractivity contribution in [2.24, 2.45) is 0 Å². The Kier molecular flexibility index (Phi) is 6.33. The molecule has 0 saturated carbocycles. The minimum atomic E-state index is -0.319. The molecule has 0 bridgehead atoms. The lowest BCUT2D eigenvalue weighted by molar-refractivity contribution is -0.121. The van der Waals surface area contributed by atoms with Crippen molar-refractivity contribution in [1.82, 2.24) is 15.5 Å². The number of hydrogen-bond acceptors (Lipinski definition) is 4. The first-order valence-corrected chi connectivity index (χ1v) is 8.84. The van der Waals surface area contributed by atoms with E-state index in [1.54, 1.807) is 25.3 Å². The molecule has 28 heavy (non-hydrogen) atoms. The van der Waals surface area contributed by atoms with Crippen LogP contribution in [0.1, 0.15) is 6.42 Å². The molecule has 1 aromatic heterocycles. The second-order valence-electron chi connectivity index (χ2n) is 6.20. The van der Waals surface area contributed by atoms with Crippen molar-refractivity contribution in [1.29, 1.82) is 0 Å². The quantitative estimate of drug-likeness (QED) is 0.438. The van der Waals surface area contributed by atoms with E-state index in [1.165, 1.54) is 17.0 Å². The van der Waals surface area contributed by atoms with Crippen molar-refractivity contribution in [2.45, 2.75) is 6.42 Å². The first kappa shape index (κ1) is 19.5. The van der Waals surface area contributed by atoms with Crippen LogP contribution in [0.5, 0.6) is 0 Å². The second-order valence-corrected chi connectivity index (χ2v) is 6.20. The predicted octanol–water partition coefficient (Wildman–Crippen LogP) is 2.48. The molecule has 1 heterocycles. The van der Waals surface area contributed by atoms with Crippen LogP contribution in [0.3, 0.4) is 0 Å². The van der Waals surface area contributed by atoms with Gasteiger partial charge in [0.1, 0.15) is 5.82 Å². The predicted molar refractivity (Wildman–Crippen MR) is 104 cm³/mol. The van der Waals surface area contributed by atoms with Gasteiger partial charge in [-0.15, -0.1) is 0 Å². The summed E-state index contributed by atoms with van der Waals surface area (Å²) < 4.78 is 18.1. The third-order valence-electron chi connectivity index (χ3n) is 4.33. The van der Waals surface area contributed by atoms with Crippen LogP contribution in [0, 0.1) is 5.82 Å². The molecule has 0 spiro atoms. The fourth-order valence-electron chi connectivity index (χ4n) is 2.85. The number of rotatable bonds is 9. The number of nitrogens with zero attached hydrogens (tertiary/aromatic N) is 2. The maximum absolute atomic E-state index is 13.2. The fourth-order valence-corrected chi connectivity index (χ4v) is 2.85. The van der Waals surface area contributed by atoms with Gasteiger partial charge in [0.2, 0.25) is 12.3 Å². The number of hydrogen-bond donors (Lipinski definition) is 2. The van der Waals surface area contributed by atoms with E-state index in [1.807, 2.05) is 12.1 Å². The summed E-state index contributed by atoms with van der Waals surface area (Å²) in [5.41, 5.74) is 2.88. The topological polar surface area (TPSA) is 87.3 Å². The van der Waals surface area contributed by atoms with Gasteiger partial charge in [0.05, 0.1) is 17.8 Å². The van der Waals surface area contributed by atoms with Crippen LogP contribution in [0.25, 0.3) is 22.2 Å². The highest BCUT2D eigenvalue weighted by Gasteiger charge is 2.13. The second kappa shape index (κ2) is 9.09. The third-order valence-corrected chi connectivity index (χ3v) is 4.33. The van der Waals surface area contributed by atoms with Crippen molar-refractivity contribution >= 4 is 28.9 Å². The van der Waals surface area contributed by atoms with Crippen molar-refractivity contribution < 1.29 is 18.7 Å². The van der Waals surface area contributed by atoms with E-state index in [4.69, 9.17) is 4.74 Å². The number of nitrogens with one attached hydrogen (secondary N) is 2. The first-order chi connectivity index (χ1) is 13.6. The van der Waals surface area contributed by atoms with Crippen molar-refractivity contribution in [3.63, 3.8) is 0 Å². The fraction of sp³-hybridized carbons (Fsp3) is 0.250. The normalized spacial score (nSPS) is 10.8. The first-order valence-electron chi connectivity index (χ1n) is 8.84. The van der Waals surface area contributed by atoms with Gasteiger partial charge in [0.15, 0.2) is 0 Å². The lowest BCUT2D eigenvalue weighted by Crippen LogP contribution is -2.31. The summed E-state index contributed by atoms with van der Waals surface area (Å²) in [5.74, 6) is -0.472. The number of anilines is 1. The molecule has 0 aliphatic rings. The zero-order chi connectivity index (χ0) is 19.9. The lowest BCUT2D eigenvalue weighted by atomic mass is 10.1. The molecule has 8 heteroatoms. The summed E-state index contributed by atoms with van der Waals surface area (Å²) in [7, 11) is 1.56. The smallest absolute Gasteiger partial charge is 0.221 e. The van der Waals surface area contributed by atoms with Crippen LogP contribution >= 0.6 is 0 Å². The molecule has 3 rings (SSSR count). The summed E-state index contributed by atoms with van der Waals surface area (Å²) in [6.45, 7) is 1.11. The molecule has 2 aromatic carbocycles. The standard InChI is InChI=1S/C20H21FN4O3/c1-28-11-9-22-19(27)8-10-25(13-26)16-6-7-18-17(12-16)20(24-23-18)14-2-4-15(21)5-3-14/h2-7,12-13H,8-11H2,1H3,(H,22,27)(H,23,24). The van der Waals surface area contributed by atoms with Gasteiger partial charge in [-0.2, -0.15) is 5.10 Å². The van der Waals surface area contributed by atoms with Gasteiger partial charge in [-0.1, -0.05) is 0 Å². The zero-order valence-electron chi connectivity index (χ0n) is 15.4. The maximum atomic E-state index is 13.2. The number of carbonyl (C=O) groups excluding carboxylic acids is 2. The molecule has 7 nitrogen and oxygen atoms in total. The largest absolute Gasteiger partial charge is 0.383 e. The van der Waals surface area contributed by atoms with E-state index in [0.29, 0.717) is 30.9 Å². The molecule has 0 saturated heterocycles. The van der Waals surface area contributed by atoms with E-state index < -0.39 is 0 Å². The average Bonchev–Trinajstić information content (AvgIpc) is 3.13. The van der Waals surface area contributed by atoms with Crippen LogP contribution < -0.4 is 10.2 Å². The number of ether oxygens (including phenoxy) is 1. The van der Waals surface area contributed by atoms with Crippen LogP contribution in [0.2, 0.25) is 0 Å². The van der Waals surface area contributed by atoms with Gasteiger partial charge >= 0.3 is 0 Å². The summed E-state index contributed by atoms with van der Waals surface area (Å²) in [6, 6.07) is 11.5. The number of H-pyrrole nitrogens is 1. The molecule has 2 amide bonds. The molecule has 2 N–H and O–H groups in total. The Morgan fingerprint density at radius 3 is 2.79 bits per heavy atom. The number of carbonyl (C=O) groups is 2. The minimum Gasteiger partial charge on any atom is -0.383 e. The monoisotopic (exact) mass is 384 g/mol. The molecule has 146 valence electrons. The van der Waals surface area contributed by atoms with E-state index >= 15 is 0 Å². The van der Waals surface area contributed by atoms with E-state index in [-0.39, 0.29) is 24.7 Å². The Morgan fingerprint density at radius 2 is 2.07 bits per heavy atom. The SMILES string of the molecule is COCCNC(=O)CCN(C=O)c1ccc2[nH]nc(-c3ccc(F)cc3)c2c1. The van der Waals surface area contributed by atoms with Gasteiger partial charge in [0.25, 0.3) is 0 Å². The Morgan fingerprint density at radius 1 is 1.29 bits per heavy atom. The van der Waals surface area contributed by atoms with Crippen LogP contribution in [-0.4, -0.2) is 49.3 Å². The Bertz CT molecular complexity index is 956. The molecule has 0 fully saturated rings. The molecule has 0 unspecified atom stereocenters. The van der Waals surface area contributed by atoms with Gasteiger partial charge in [0, 0.05) is 43.3 Å². The number of aromatic nitrogens is 2. The number of aromatic amines is 1. The number of fused-ring (bicyclic) bond motifs is 1. The van der Waals surface area contributed by atoms with Gasteiger partial charge in [-0.05, 0) is 42.5 Å². The highest BCUT2D eigenvalue weighted by Crippen LogP contribution is 2.29. The third kappa shape index (κ3) is 4.52. The minimum absolute atomic E-state index is 0.153. The van der Waals surface area contributed by atoms with Gasteiger partial charge in [-0.25, -0.2) is 4.39 Å². The van der Waals surface area contributed by atoms with E-state index in [9.17, 15) is 14.0 Å². The Labute approximate surface area is 161 Å². The highest BCUT2D eigenvalue weighted by molar-refractivity contribution is 5.96. The van der Waals surface area contributed by atoms with Crippen molar-refractivity contribution in [3.8, 4) is 11.3 Å². The van der Waals surface area contributed by atoms with Gasteiger partial charge < -0.3 is 15.0 Å². The molecular formula is C20H21FN4O3. The number of amides is 2. The summed E-state index contributed by atoms with van der Waals surface area (Å²) in [4.78, 5) is 24.9. The molecule has 3 aromatic rings. The van der Waals surface area contributed by atoms with E-state index in [2.05, 4.69) is 15.5 Å². The molecule has 0 aliphatic carbocycles. The summed E-state index contributed by atoms with van der Waals surface area (Å²) in [6.07, 6.45) is 0.873. The number of methoxy groups -OCH3 is 1. The molecular weight excluding hydrogens is 363 g/mol. The maximum Gasteiger partial charge on any atom is 0.221 e. The summed E-state index contributed by atoms with van der Waals surface area (Å²) >= 11 is 0. The Hall–Kier alpha value is -3.26. The molecule has 0 radical (unpaired) electrons. The van der Waals surface area contributed by atoms with Crippen molar-refractivity contribution in [3.05, 3.63) is 48.3 Å². The van der Waals surface area contributed by atoms with Crippen LogP contribution in [-0.2, 0) is 14.3 Å².